The summed E-state index contributed by atoms with van der Waals surface area (Å²) in [6.07, 6.45) is 16.8. The molecule has 2 heterocycles. The number of aryl methyl sites for hydroxylation is 2. The number of benzene rings is 2. The Labute approximate surface area is 467 Å². The van der Waals surface area contributed by atoms with E-state index in [-0.39, 0.29) is 70.8 Å². The van der Waals surface area contributed by atoms with Gasteiger partial charge in [0.1, 0.15) is 11.5 Å². The average molecular weight is 1110 g/mol. The summed E-state index contributed by atoms with van der Waals surface area (Å²) in [5, 5.41) is 19.6. The number of aliphatic hydroxyl groups excluding tert-OH is 1. The van der Waals surface area contributed by atoms with Crippen LogP contribution in [0.4, 0.5) is 0 Å². The molecule has 0 amide bonds. The predicted octanol–water partition coefficient (Wildman–Crippen LogP) is 15.3. The molecule has 10 atom stereocenters. The minimum absolute atomic E-state index is 0.0569. The Hall–Kier alpha value is -3.87. The van der Waals surface area contributed by atoms with Crippen LogP contribution in [0.5, 0.6) is 11.5 Å². The molecule has 2 aliphatic rings. The Bertz CT molecular complexity index is 2330. The van der Waals surface area contributed by atoms with Crippen molar-refractivity contribution in [1.29, 1.82) is 0 Å². The largest absolute Gasteiger partial charge is 0.494 e. The van der Waals surface area contributed by atoms with Crippen molar-refractivity contribution >= 4 is 40.5 Å². The molecule has 2 aromatic carbocycles. The van der Waals surface area contributed by atoms with Gasteiger partial charge >= 0.3 is 11.9 Å². The van der Waals surface area contributed by atoms with E-state index in [1.165, 1.54) is 0 Å². The normalized spacial score (nSPS) is 22.2. The SMILES string of the molecule is CCOc1cc(C)c(C(=O)O)c(/C=C/C[C@@H]2OC(C)(C)O[C@@H]2C(C)/C=C\[C@@H](C)[C@@H](C)O)c1.CCOc1cc(C)c(C(=O)OCC[Si](C)(C)C)c(/C=C/C[C@@H]2OC(C)(C)O[C@@H]2C(C)/C=C\[C@@H](C)[C@@H](C)O[Si](C)(C)C(C)(C)C)c1. The van der Waals surface area contributed by atoms with Crippen LogP contribution in [0.1, 0.15) is 160 Å². The second-order valence-corrected chi connectivity index (χ2v) is 35.5. The molecular formula is C63H102O12Si2. The van der Waals surface area contributed by atoms with Gasteiger partial charge in [0.25, 0.3) is 0 Å². The lowest BCUT2D eigenvalue weighted by molar-refractivity contribution is -0.148. The molecule has 2 N–H and O–H groups in total. The van der Waals surface area contributed by atoms with E-state index in [4.69, 9.17) is 37.6 Å². The molecule has 0 radical (unpaired) electrons. The molecular weight excluding hydrogens is 1000 g/mol. The van der Waals surface area contributed by atoms with E-state index in [0.717, 1.165) is 22.9 Å². The first kappa shape index (κ1) is 67.4. The minimum atomic E-state index is -1.85. The summed E-state index contributed by atoms with van der Waals surface area (Å²) in [7, 11) is -3.16. The number of carbonyl (C=O) groups is 2. The maximum atomic E-state index is 13.2. The molecule has 0 aromatic heterocycles. The van der Waals surface area contributed by atoms with Crippen molar-refractivity contribution in [2.75, 3.05) is 19.8 Å². The molecule has 12 nitrogen and oxygen atoms in total. The molecule has 2 saturated heterocycles. The van der Waals surface area contributed by atoms with E-state index in [2.05, 4.69) is 106 Å². The first-order valence-electron chi connectivity index (χ1n) is 28.2. The summed E-state index contributed by atoms with van der Waals surface area (Å²) in [4.78, 5) is 25.0. The van der Waals surface area contributed by atoms with Crippen molar-refractivity contribution in [1.82, 2.24) is 0 Å². The molecule has 0 bridgehead atoms. The number of rotatable bonds is 25. The first-order chi connectivity index (χ1) is 35.5. The van der Waals surface area contributed by atoms with Gasteiger partial charge in [-0.25, -0.2) is 9.59 Å². The molecule has 77 heavy (non-hydrogen) atoms. The standard InChI is InChI=1S/C37H64O6Si2.C26H38O6/c1-16-39-31-24-28(4)33(35(38)40-22-23-44(11,12)13)30(25-31)18-17-19-32-34(42-37(9,10)41-32)27(3)21-20-26(2)29(5)43-45(14,15)36(6,7)8;1-8-30-21-14-18(4)23(25(28)29)20(15-21)10-9-11-22-24(32-26(6,7)31-22)17(3)13-12-16(2)19(5)27/h17-18,20-21,24-27,29,32,34H,16,19,22-23H2,1-15H3;9-10,12-17,19,22,24,27H,8,11H2,1-7H3,(H,28,29)/b18-17+,21-20-;10-9+,13-12-/t26-,27?,29-,32+,34-;16-,17?,19-,22+,24-/m11/s1. The van der Waals surface area contributed by atoms with Gasteiger partial charge in [0.15, 0.2) is 19.9 Å². The average Bonchev–Trinajstić information content (AvgIpc) is 3.78. The molecule has 0 saturated carbocycles. The van der Waals surface area contributed by atoms with E-state index < -0.39 is 40.0 Å². The van der Waals surface area contributed by atoms with Crippen molar-refractivity contribution in [3.8, 4) is 11.5 Å². The third-order valence-electron chi connectivity index (χ3n) is 14.8. The molecule has 2 aliphatic heterocycles. The number of aromatic carboxylic acids is 1. The smallest absolute Gasteiger partial charge is 0.338 e. The van der Waals surface area contributed by atoms with Crippen LogP contribution in [-0.2, 0) is 28.1 Å². The Morgan fingerprint density at radius 2 is 1.10 bits per heavy atom. The zero-order valence-electron chi connectivity index (χ0n) is 51.4. The van der Waals surface area contributed by atoms with Crippen LogP contribution >= 0.6 is 0 Å². The monoisotopic (exact) mass is 1110 g/mol. The summed E-state index contributed by atoms with van der Waals surface area (Å²) >= 11 is 0. The number of aliphatic hydroxyl groups is 1. The molecule has 0 spiro atoms. The summed E-state index contributed by atoms with van der Waals surface area (Å²) in [5.74, 6) is -0.648. The van der Waals surface area contributed by atoms with E-state index in [9.17, 15) is 19.8 Å². The molecule has 4 rings (SSSR count). The maximum Gasteiger partial charge on any atom is 0.338 e. The Kier molecular flexibility index (Phi) is 25.4. The van der Waals surface area contributed by atoms with Gasteiger partial charge in [-0.2, -0.15) is 0 Å². The van der Waals surface area contributed by atoms with Crippen LogP contribution in [0.15, 0.2) is 60.7 Å². The van der Waals surface area contributed by atoms with E-state index >= 15 is 0 Å². The second kappa shape index (κ2) is 29.0. The van der Waals surface area contributed by atoms with Gasteiger partial charge in [0.05, 0.1) is 61.5 Å². The van der Waals surface area contributed by atoms with E-state index in [1.807, 2.05) is 91.8 Å². The van der Waals surface area contributed by atoms with Crippen LogP contribution in [0.3, 0.4) is 0 Å². The van der Waals surface area contributed by atoms with E-state index in [0.29, 0.717) is 55.1 Å². The zero-order valence-corrected chi connectivity index (χ0v) is 53.4. The topological polar surface area (TPSA) is 148 Å². The fourth-order valence-corrected chi connectivity index (χ4v) is 11.3. The molecule has 434 valence electrons. The number of esters is 1. The highest BCUT2D eigenvalue weighted by molar-refractivity contribution is 6.76. The quantitative estimate of drug-likeness (QED) is 0.0554. The zero-order chi connectivity index (χ0) is 58.4. The number of carbonyl (C=O) groups excluding carboxylic acids is 1. The molecule has 2 aromatic rings. The number of carboxylic acids is 1. The minimum Gasteiger partial charge on any atom is -0.494 e. The fraction of sp³-hybridized carbons (Fsp3) is 0.651. The second-order valence-electron chi connectivity index (χ2n) is 25.1. The summed E-state index contributed by atoms with van der Waals surface area (Å²) < 4.78 is 48.9. The number of carboxylic acid groups (broad SMARTS) is 1. The van der Waals surface area contributed by atoms with Crippen LogP contribution in [0.25, 0.3) is 12.2 Å². The van der Waals surface area contributed by atoms with Gasteiger partial charge in [0, 0.05) is 26.0 Å². The lowest BCUT2D eigenvalue weighted by Crippen LogP contribution is -2.44. The third kappa shape index (κ3) is 21.3. The van der Waals surface area contributed by atoms with Crippen molar-refractivity contribution in [3.63, 3.8) is 0 Å². The summed E-state index contributed by atoms with van der Waals surface area (Å²) in [6, 6.07) is 8.28. The van der Waals surface area contributed by atoms with Gasteiger partial charge in [-0.1, -0.05) is 117 Å². The number of hydrogen-bond donors (Lipinski definition) is 2. The van der Waals surface area contributed by atoms with Crippen LogP contribution in [0.2, 0.25) is 43.8 Å². The van der Waals surface area contributed by atoms with Crippen LogP contribution in [-0.4, -0.2) is 107 Å². The van der Waals surface area contributed by atoms with Crippen molar-refractivity contribution < 1.29 is 57.4 Å². The highest BCUT2D eigenvalue weighted by Crippen LogP contribution is 2.40. The Balaban J connectivity index is 0.000000429. The molecule has 2 unspecified atom stereocenters. The van der Waals surface area contributed by atoms with Gasteiger partial charge < -0.3 is 47.8 Å². The molecule has 14 heteroatoms. The van der Waals surface area contributed by atoms with E-state index in [1.54, 1.807) is 26.0 Å². The van der Waals surface area contributed by atoms with Crippen molar-refractivity contribution in [3.05, 3.63) is 94.1 Å². The van der Waals surface area contributed by atoms with Crippen LogP contribution < -0.4 is 9.47 Å². The molecule has 0 aliphatic carbocycles. The summed E-state index contributed by atoms with van der Waals surface area (Å²) in [5.41, 5.74) is 3.77. The lowest BCUT2D eigenvalue weighted by atomic mass is 9.94. The van der Waals surface area contributed by atoms with Gasteiger partial charge in [-0.05, 0) is 165 Å². The van der Waals surface area contributed by atoms with Gasteiger partial charge in [-0.15, -0.1) is 0 Å². The van der Waals surface area contributed by atoms with Crippen molar-refractivity contribution in [2.24, 2.45) is 23.7 Å². The van der Waals surface area contributed by atoms with Crippen molar-refractivity contribution in [2.45, 2.75) is 223 Å². The number of hydrogen-bond acceptors (Lipinski definition) is 11. The maximum absolute atomic E-state index is 13.2. The Morgan fingerprint density at radius 3 is 1.51 bits per heavy atom. The summed E-state index contributed by atoms with van der Waals surface area (Å²) in [6.45, 7) is 47.5. The fourth-order valence-electron chi connectivity index (χ4n) is 9.04. The third-order valence-corrected chi connectivity index (χ3v) is 21.1. The van der Waals surface area contributed by atoms with Crippen LogP contribution in [0, 0.1) is 37.5 Å². The highest BCUT2D eigenvalue weighted by Gasteiger charge is 2.44. The number of ether oxygens (including phenoxy) is 7. The van der Waals surface area contributed by atoms with Gasteiger partial charge in [0.2, 0.25) is 0 Å². The van der Waals surface area contributed by atoms with Gasteiger partial charge in [-0.3, -0.25) is 0 Å². The predicted molar refractivity (Wildman–Crippen MR) is 319 cm³/mol. The highest BCUT2D eigenvalue weighted by atomic mass is 28.4. The molecule has 2 fully saturated rings. The lowest BCUT2D eigenvalue weighted by Gasteiger charge is -2.39. The Morgan fingerprint density at radius 1 is 0.675 bits per heavy atom. The first-order valence-corrected chi connectivity index (χ1v) is 34.9.